The van der Waals surface area contributed by atoms with E-state index in [0.29, 0.717) is 66.8 Å². The zero-order chi connectivity index (χ0) is 36.6. The minimum Gasteiger partial charge on any atom is -0.480 e. The molecule has 3 aromatic heterocycles. The number of pyridine rings is 1. The zero-order valence-corrected chi connectivity index (χ0v) is 30.1. The van der Waals surface area contributed by atoms with Gasteiger partial charge < -0.3 is 20.1 Å². The number of benzene rings is 1. The van der Waals surface area contributed by atoms with E-state index in [-0.39, 0.29) is 17.1 Å². The number of aromatic nitrogens is 5. The monoisotopic (exact) mass is 695 g/mol. The van der Waals surface area contributed by atoms with Crippen molar-refractivity contribution in [2.75, 3.05) is 38.7 Å². The average molecular weight is 696 g/mol. The number of ether oxygens (including phenoxy) is 2. The quantitative estimate of drug-likeness (QED) is 0.163. The summed E-state index contributed by atoms with van der Waals surface area (Å²) < 4.78 is 13.6. The first-order valence-corrected chi connectivity index (χ1v) is 17.0. The maximum Gasteiger partial charge on any atom is 0.321 e. The lowest BCUT2D eigenvalue weighted by Crippen LogP contribution is -2.49. The van der Waals surface area contributed by atoms with Crippen LogP contribution < -0.4 is 20.7 Å². The highest BCUT2D eigenvalue weighted by molar-refractivity contribution is 5.94. The van der Waals surface area contributed by atoms with Crippen LogP contribution >= 0.6 is 0 Å². The molecule has 1 aliphatic carbocycles. The van der Waals surface area contributed by atoms with E-state index in [1.807, 2.05) is 62.7 Å². The summed E-state index contributed by atoms with van der Waals surface area (Å²) in [5, 5.41) is 17.1. The highest BCUT2D eigenvalue weighted by Gasteiger charge is 2.38. The highest BCUT2D eigenvalue weighted by atomic mass is 16.5. The Kier molecular flexibility index (Phi) is 9.66. The summed E-state index contributed by atoms with van der Waals surface area (Å²) in [7, 11) is 1.98. The first-order chi connectivity index (χ1) is 24.2. The van der Waals surface area contributed by atoms with Crippen molar-refractivity contribution in [2.24, 2.45) is 0 Å². The van der Waals surface area contributed by atoms with Gasteiger partial charge in [0.15, 0.2) is 11.9 Å². The Bertz CT molecular complexity index is 1970. The second-order valence-electron chi connectivity index (χ2n) is 15.1. The molecular formula is C37H45N9O5. The summed E-state index contributed by atoms with van der Waals surface area (Å²) in [5.41, 5.74) is 0.341. The van der Waals surface area contributed by atoms with Gasteiger partial charge in [0.1, 0.15) is 29.0 Å². The van der Waals surface area contributed by atoms with E-state index in [1.165, 1.54) is 0 Å². The molecule has 1 fully saturated rings. The summed E-state index contributed by atoms with van der Waals surface area (Å²) in [4.78, 5) is 50.6. The van der Waals surface area contributed by atoms with Crippen molar-refractivity contribution in [3.8, 4) is 5.75 Å². The molecule has 0 spiro atoms. The first kappa shape index (κ1) is 35.6. The van der Waals surface area contributed by atoms with Crippen LogP contribution in [0.25, 0.3) is 5.65 Å². The molecule has 268 valence electrons. The fraction of sp³-hybridized carbons (Fsp3) is 0.432. The van der Waals surface area contributed by atoms with Crippen molar-refractivity contribution in [2.45, 2.75) is 70.1 Å². The molecule has 0 unspecified atom stereocenters. The summed E-state index contributed by atoms with van der Waals surface area (Å²) in [6, 6.07) is 12.2. The SMILES string of the molecule is CN(CCNC(=O)c1nc(NC(=O)N[C@@]2(C=O)C=C[C@@H](Oc3ccc4nnc(C(C)(C)C)n4c3)c3ccccc32)cc(C(C)(C)C)n1)C1COC1. The van der Waals surface area contributed by atoms with Gasteiger partial charge in [0.2, 0.25) is 5.82 Å². The molecule has 1 saturated heterocycles. The molecule has 0 bridgehead atoms. The fourth-order valence-corrected chi connectivity index (χ4v) is 5.92. The van der Waals surface area contributed by atoms with Crippen LogP contribution in [-0.4, -0.2) is 87.1 Å². The van der Waals surface area contributed by atoms with Gasteiger partial charge in [-0.3, -0.25) is 24.2 Å². The van der Waals surface area contributed by atoms with Gasteiger partial charge >= 0.3 is 6.03 Å². The van der Waals surface area contributed by atoms with Crippen LogP contribution in [0.5, 0.6) is 5.75 Å². The second kappa shape index (κ2) is 13.8. The standard InChI is InChI=1S/C37H45N9O5/c1-35(2,3)28-18-29(40-31(39-28)32(48)38-16-17-45(7)23-20-50-21-23)41-34(49)42-37(22-47)15-14-27(25-10-8-9-11-26(25)37)51-24-12-13-30-43-44-33(36(4,5)6)46(30)19-24/h8-15,18-19,22-23,27H,16-17,20-21H2,1-7H3,(H,38,48)(H2,39,40,41,42,49)/t27-,37-/m1/s1. The molecule has 2 atom stereocenters. The number of anilines is 1. The lowest BCUT2D eigenvalue weighted by atomic mass is 9.81. The van der Waals surface area contributed by atoms with Crippen molar-refractivity contribution >= 4 is 29.7 Å². The number of nitrogens with one attached hydrogen (secondary N) is 3. The number of amides is 3. The smallest absolute Gasteiger partial charge is 0.321 e. The van der Waals surface area contributed by atoms with Crippen LogP contribution in [0.15, 0.2) is 60.8 Å². The van der Waals surface area contributed by atoms with Gasteiger partial charge in [-0.05, 0) is 36.9 Å². The third kappa shape index (κ3) is 7.61. The van der Waals surface area contributed by atoms with Gasteiger partial charge in [-0.25, -0.2) is 14.8 Å². The van der Waals surface area contributed by atoms with Crippen LogP contribution in [0.2, 0.25) is 0 Å². The molecule has 0 saturated carbocycles. The minimum absolute atomic E-state index is 0.0698. The summed E-state index contributed by atoms with van der Waals surface area (Å²) in [6.07, 6.45) is 5.36. The first-order valence-electron chi connectivity index (χ1n) is 17.0. The Morgan fingerprint density at radius 2 is 1.82 bits per heavy atom. The normalized spacial score (nSPS) is 18.9. The van der Waals surface area contributed by atoms with Crippen molar-refractivity contribution < 1.29 is 23.9 Å². The third-order valence-corrected chi connectivity index (χ3v) is 9.00. The van der Waals surface area contributed by atoms with Crippen molar-refractivity contribution in [3.63, 3.8) is 0 Å². The van der Waals surface area contributed by atoms with Crippen LogP contribution in [0.4, 0.5) is 10.6 Å². The molecule has 51 heavy (non-hydrogen) atoms. The molecule has 3 amide bonds. The number of hydrogen-bond donors (Lipinski definition) is 3. The van der Waals surface area contributed by atoms with Crippen LogP contribution in [0, 0.1) is 0 Å². The molecule has 0 radical (unpaired) electrons. The Morgan fingerprint density at radius 1 is 1.06 bits per heavy atom. The van der Waals surface area contributed by atoms with E-state index < -0.39 is 29.0 Å². The summed E-state index contributed by atoms with van der Waals surface area (Å²) >= 11 is 0. The van der Waals surface area contributed by atoms with Gasteiger partial charge in [-0.15, -0.1) is 10.2 Å². The number of likely N-dealkylation sites (N-methyl/N-ethyl adjacent to an activating group) is 1. The molecule has 4 aromatic rings. The molecule has 1 aromatic carbocycles. The number of hydrogen-bond acceptors (Lipinski definition) is 10. The van der Waals surface area contributed by atoms with E-state index in [4.69, 9.17) is 9.47 Å². The summed E-state index contributed by atoms with van der Waals surface area (Å²) in [6.45, 7) is 14.4. The lowest BCUT2D eigenvalue weighted by molar-refractivity contribution is -0.111. The van der Waals surface area contributed by atoms with Crippen molar-refractivity contribution in [1.82, 2.24) is 40.1 Å². The number of rotatable bonds is 10. The molecule has 6 rings (SSSR count). The molecule has 4 heterocycles. The summed E-state index contributed by atoms with van der Waals surface area (Å²) in [5.74, 6) is 0.974. The highest BCUT2D eigenvalue weighted by Crippen LogP contribution is 2.37. The van der Waals surface area contributed by atoms with E-state index in [0.717, 1.165) is 5.82 Å². The molecular weight excluding hydrogens is 650 g/mol. The van der Waals surface area contributed by atoms with Crippen LogP contribution in [-0.2, 0) is 25.9 Å². The average Bonchev–Trinajstić information content (AvgIpc) is 3.49. The number of nitrogens with zero attached hydrogens (tertiary/aromatic N) is 6. The molecule has 1 aliphatic heterocycles. The maximum absolute atomic E-state index is 13.6. The van der Waals surface area contributed by atoms with E-state index >= 15 is 0 Å². The Hall–Kier alpha value is -5.21. The Balaban J connectivity index is 1.20. The predicted molar refractivity (Wildman–Crippen MR) is 191 cm³/mol. The van der Waals surface area contributed by atoms with Crippen molar-refractivity contribution in [1.29, 1.82) is 0 Å². The van der Waals surface area contributed by atoms with Crippen LogP contribution in [0.1, 0.15) is 80.9 Å². The Morgan fingerprint density at radius 3 is 2.51 bits per heavy atom. The van der Waals surface area contributed by atoms with Crippen molar-refractivity contribution in [3.05, 3.63) is 89.3 Å². The number of fused-ring (bicyclic) bond motifs is 2. The lowest BCUT2D eigenvalue weighted by Gasteiger charge is -2.34. The largest absolute Gasteiger partial charge is 0.480 e. The third-order valence-electron chi connectivity index (χ3n) is 9.00. The Labute approximate surface area is 297 Å². The number of carbonyl (C=O) groups is 3. The molecule has 2 aliphatic rings. The number of urea groups is 1. The second-order valence-corrected chi connectivity index (χ2v) is 15.1. The van der Waals surface area contributed by atoms with Gasteiger partial charge in [0, 0.05) is 35.5 Å². The molecule has 14 heteroatoms. The topological polar surface area (TPSA) is 165 Å². The maximum atomic E-state index is 13.6. The predicted octanol–water partition coefficient (Wildman–Crippen LogP) is 4.08. The van der Waals surface area contributed by atoms with E-state index in [9.17, 15) is 14.4 Å². The number of aldehydes is 1. The van der Waals surface area contributed by atoms with Crippen LogP contribution in [0.3, 0.4) is 0 Å². The molecule has 14 nitrogen and oxygen atoms in total. The van der Waals surface area contributed by atoms with Gasteiger partial charge in [0.05, 0.1) is 31.1 Å². The van der Waals surface area contributed by atoms with Gasteiger partial charge in [-0.2, -0.15) is 0 Å². The zero-order valence-electron chi connectivity index (χ0n) is 30.1. The molecule has 3 N–H and O–H groups in total. The van der Waals surface area contributed by atoms with E-state index in [2.05, 4.69) is 61.8 Å². The van der Waals surface area contributed by atoms with Gasteiger partial charge in [-0.1, -0.05) is 65.8 Å². The number of carbonyl (C=O) groups excluding carboxylic acids is 3. The fourth-order valence-electron chi connectivity index (χ4n) is 5.92. The minimum atomic E-state index is -1.50. The van der Waals surface area contributed by atoms with E-state index in [1.54, 1.807) is 30.4 Å². The van der Waals surface area contributed by atoms with Gasteiger partial charge in [0.25, 0.3) is 5.91 Å².